The molecule has 1 unspecified atom stereocenters. The average molecular weight is 251 g/mol. The molecular weight excluding hydrogens is 232 g/mol. The molecule has 0 spiro atoms. The first kappa shape index (κ1) is 12.6. The fraction of sp³-hybridized carbons (Fsp3) is 0.429. The van der Waals surface area contributed by atoms with Gasteiger partial charge in [-0.25, -0.2) is 0 Å². The molecule has 17 heavy (non-hydrogen) atoms. The second kappa shape index (κ2) is 6.80. The van der Waals surface area contributed by atoms with Gasteiger partial charge in [0.05, 0.1) is 0 Å². The van der Waals surface area contributed by atoms with Crippen molar-refractivity contribution in [3.8, 4) is 0 Å². The van der Waals surface area contributed by atoms with Crippen LogP contribution in [0.4, 0.5) is 0 Å². The summed E-state index contributed by atoms with van der Waals surface area (Å²) < 4.78 is 0. The van der Waals surface area contributed by atoms with Gasteiger partial charge in [-0.1, -0.05) is 48.0 Å². The van der Waals surface area contributed by atoms with Crippen molar-refractivity contribution in [1.82, 2.24) is 10.2 Å². The molecule has 1 aromatic rings. The van der Waals surface area contributed by atoms with Crippen molar-refractivity contribution in [3.63, 3.8) is 0 Å². The van der Waals surface area contributed by atoms with Crippen molar-refractivity contribution < 1.29 is 0 Å². The first-order chi connectivity index (χ1) is 8.40. The number of nitrogens with zero attached hydrogens (tertiary/aromatic N) is 1. The Labute approximate surface area is 108 Å². The van der Waals surface area contributed by atoms with Crippen molar-refractivity contribution in [2.45, 2.75) is 12.5 Å². The second-order valence-electron chi connectivity index (χ2n) is 4.39. The molecular formula is C14H19ClN2. The predicted octanol–water partition coefficient (Wildman–Crippen LogP) is 2.78. The Bertz CT molecular complexity index is 350. The van der Waals surface area contributed by atoms with Crippen LogP contribution in [0.25, 0.3) is 0 Å². The summed E-state index contributed by atoms with van der Waals surface area (Å²) in [7, 11) is 0. The average Bonchev–Trinajstić information content (AvgIpc) is 2.63. The molecule has 92 valence electrons. The number of benzene rings is 1. The Hall–Kier alpha value is -0.830. The van der Waals surface area contributed by atoms with Crippen molar-refractivity contribution in [2.24, 2.45) is 0 Å². The summed E-state index contributed by atoms with van der Waals surface area (Å²) in [5, 5.41) is 3.61. The Morgan fingerprint density at radius 1 is 1.35 bits per heavy atom. The molecule has 1 aliphatic heterocycles. The van der Waals surface area contributed by atoms with Crippen molar-refractivity contribution in [3.05, 3.63) is 47.5 Å². The summed E-state index contributed by atoms with van der Waals surface area (Å²) in [6, 6.07) is 11.1. The van der Waals surface area contributed by atoms with E-state index in [1.807, 2.05) is 6.08 Å². The highest BCUT2D eigenvalue weighted by Gasteiger charge is 2.17. The van der Waals surface area contributed by atoms with E-state index in [0.29, 0.717) is 6.04 Å². The quantitative estimate of drug-likeness (QED) is 0.888. The Balaban J connectivity index is 2.02. The van der Waals surface area contributed by atoms with E-state index < -0.39 is 0 Å². The lowest BCUT2D eigenvalue weighted by atomic mass is 10.1. The fourth-order valence-corrected chi connectivity index (χ4v) is 2.34. The molecule has 1 saturated heterocycles. The number of nitrogens with one attached hydrogen (secondary N) is 1. The number of halogens is 1. The fourth-order valence-electron chi connectivity index (χ4n) is 2.26. The lowest BCUT2D eigenvalue weighted by molar-refractivity contribution is 0.296. The van der Waals surface area contributed by atoms with Gasteiger partial charge in [0.25, 0.3) is 0 Å². The molecule has 0 amide bonds. The van der Waals surface area contributed by atoms with Crippen LogP contribution in [0.2, 0.25) is 0 Å². The molecule has 1 aliphatic rings. The van der Waals surface area contributed by atoms with Gasteiger partial charge in [-0.3, -0.25) is 4.90 Å². The zero-order chi connectivity index (χ0) is 11.9. The van der Waals surface area contributed by atoms with Crippen LogP contribution in [0.3, 0.4) is 0 Å². The molecule has 0 saturated carbocycles. The minimum Gasteiger partial charge on any atom is -0.309 e. The topological polar surface area (TPSA) is 15.3 Å². The molecule has 0 aromatic heterocycles. The SMILES string of the molecule is Cl/C=C/CN1CCCNC(c2ccccc2)C1. The van der Waals surface area contributed by atoms with Gasteiger partial charge in [0.1, 0.15) is 0 Å². The lowest BCUT2D eigenvalue weighted by Gasteiger charge is -2.23. The molecule has 1 aromatic carbocycles. The van der Waals surface area contributed by atoms with Crippen LogP contribution in [0.15, 0.2) is 41.9 Å². The van der Waals surface area contributed by atoms with Gasteiger partial charge in [0, 0.05) is 24.7 Å². The number of rotatable bonds is 3. The first-order valence-electron chi connectivity index (χ1n) is 6.16. The van der Waals surface area contributed by atoms with E-state index in [4.69, 9.17) is 11.6 Å². The molecule has 1 N–H and O–H groups in total. The minimum absolute atomic E-state index is 0.433. The molecule has 3 heteroatoms. The summed E-state index contributed by atoms with van der Waals surface area (Å²) in [4.78, 5) is 2.44. The van der Waals surface area contributed by atoms with Crippen LogP contribution in [-0.2, 0) is 0 Å². The van der Waals surface area contributed by atoms with Gasteiger partial charge in [-0.05, 0) is 25.1 Å². The van der Waals surface area contributed by atoms with Gasteiger partial charge in [0.15, 0.2) is 0 Å². The maximum Gasteiger partial charge on any atom is 0.0449 e. The van der Waals surface area contributed by atoms with Crippen LogP contribution < -0.4 is 5.32 Å². The zero-order valence-corrected chi connectivity index (χ0v) is 10.7. The van der Waals surface area contributed by atoms with Crippen LogP contribution in [0, 0.1) is 0 Å². The highest BCUT2D eigenvalue weighted by atomic mass is 35.5. The second-order valence-corrected chi connectivity index (χ2v) is 4.64. The van der Waals surface area contributed by atoms with Gasteiger partial charge >= 0.3 is 0 Å². The van der Waals surface area contributed by atoms with E-state index in [-0.39, 0.29) is 0 Å². The third-order valence-corrected chi connectivity index (χ3v) is 3.32. The molecule has 1 heterocycles. The Morgan fingerprint density at radius 3 is 2.94 bits per heavy atom. The highest BCUT2D eigenvalue weighted by molar-refractivity contribution is 6.25. The van der Waals surface area contributed by atoms with Crippen LogP contribution >= 0.6 is 11.6 Å². The Morgan fingerprint density at radius 2 is 2.18 bits per heavy atom. The third-order valence-electron chi connectivity index (χ3n) is 3.14. The summed E-state index contributed by atoms with van der Waals surface area (Å²) in [6.07, 6.45) is 3.20. The minimum atomic E-state index is 0.433. The predicted molar refractivity (Wildman–Crippen MR) is 73.2 cm³/mol. The van der Waals surface area contributed by atoms with Crippen molar-refractivity contribution >= 4 is 11.6 Å². The summed E-state index contributed by atoms with van der Waals surface area (Å²) in [5.74, 6) is 0. The number of hydrogen-bond donors (Lipinski definition) is 1. The van der Waals surface area contributed by atoms with Crippen molar-refractivity contribution in [2.75, 3.05) is 26.2 Å². The third kappa shape index (κ3) is 3.84. The first-order valence-corrected chi connectivity index (χ1v) is 6.59. The van der Waals surface area contributed by atoms with E-state index in [1.54, 1.807) is 5.54 Å². The molecule has 1 fully saturated rings. The molecule has 1 atom stereocenters. The van der Waals surface area contributed by atoms with Gasteiger partial charge in [0.2, 0.25) is 0 Å². The Kier molecular flexibility index (Phi) is 5.05. The maximum atomic E-state index is 5.59. The van der Waals surface area contributed by atoms with Gasteiger partial charge in [-0.2, -0.15) is 0 Å². The van der Waals surface area contributed by atoms with E-state index >= 15 is 0 Å². The van der Waals surface area contributed by atoms with E-state index in [9.17, 15) is 0 Å². The van der Waals surface area contributed by atoms with Gasteiger partial charge < -0.3 is 5.32 Å². The van der Waals surface area contributed by atoms with E-state index in [0.717, 1.165) is 26.2 Å². The molecule has 0 bridgehead atoms. The standard InChI is InChI=1S/C14H19ClN2/c15-8-4-10-17-11-5-9-16-14(12-17)13-6-2-1-3-7-13/h1-4,6-8,14,16H,5,9-12H2/b8-4+. The normalized spacial score (nSPS) is 22.8. The lowest BCUT2D eigenvalue weighted by Crippen LogP contribution is -2.31. The van der Waals surface area contributed by atoms with E-state index in [2.05, 4.69) is 40.5 Å². The largest absolute Gasteiger partial charge is 0.309 e. The van der Waals surface area contributed by atoms with E-state index in [1.165, 1.54) is 12.0 Å². The molecule has 0 aliphatic carbocycles. The zero-order valence-electron chi connectivity index (χ0n) is 9.98. The smallest absolute Gasteiger partial charge is 0.0449 e. The maximum absolute atomic E-state index is 5.59. The monoisotopic (exact) mass is 250 g/mol. The summed E-state index contributed by atoms with van der Waals surface area (Å²) in [5.41, 5.74) is 2.98. The molecule has 2 nitrogen and oxygen atoms in total. The summed E-state index contributed by atoms with van der Waals surface area (Å²) in [6.45, 7) is 4.21. The van der Waals surface area contributed by atoms with Crippen molar-refractivity contribution in [1.29, 1.82) is 0 Å². The number of hydrogen-bond acceptors (Lipinski definition) is 2. The molecule has 0 radical (unpaired) electrons. The summed E-state index contributed by atoms with van der Waals surface area (Å²) >= 11 is 5.59. The van der Waals surface area contributed by atoms with Gasteiger partial charge in [-0.15, -0.1) is 0 Å². The van der Waals surface area contributed by atoms with Crippen LogP contribution in [-0.4, -0.2) is 31.1 Å². The highest BCUT2D eigenvalue weighted by Crippen LogP contribution is 2.16. The molecule has 2 rings (SSSR count). The van der Waals surface area contributed by atoms with Crippen LogP contribution in [0.5, 0.6) is 0 Å². The van der Waals surface area contributed by atoms with Crippen LogP contribution in [0.1, 0.15) is 18.0 Å².